The second kappa shape index (κ2) is 12.3. The van der Waals surface area contributed by atoms with Crippen LogP contribution in [0, 0.1) is 12.3 Å². The van der Waals surface area contributed by atoms with Crippen molar-refractivity contribution in [1.82, 2.24) is 5.32 Å². The van der Waals surface area contributed by atoms with Crippen LogP contribution in [0.25, 0.3) is 0 Å². The highest BCUT2D eigenvalue weighted by atomic mass is 16.5. The summed E-state index contributed by atoms with van der Waals surface area (Å²) in [5.74, 6) is 4.11. The van der Waals surface area contributed by atoms with Gasteiger partial charge in [0.25, 0.3) is 5.91 Å². The number of methoxy groups -OCH3 is 1. The van der Waals surface area contributed by atoms with Crippen molar-refractivity contribution in [2.75, 3.05) is 33.5 Å². The van der Waals surface area contributed by atoms with E-state index in [0.717, 1.165) is 5.56 Å². The van der Waals surface area contributed by atoms with Gasteiger partial charge in [-0.3, -0.25) is 4.79 Å². The third-order valence-corrected chi connectivity index (χ3v) is 4.06. The van der Waals surface area contributed by atoms with Gasteiger partial charge >= 0.3 is 0 Å². The number of amides is 1. The maximum atomic E-state index is 12.5. The second-order valence-electron chi connectivity index (χ2n) is 6.09. The van der Waals surface area contributed by atoms with Crippen molar-refractivity contribution in [1.29, 1.82) is 0 Å². The fraction of sp³-hybridized carbons (Fsp3) is 0.348. The first-order chi connectivity index (χ1) is 14.2. The number of hydrogen-bond donors (Lipinski definition) is 1. The quantitative estimate of drug-likeness (QED) is 0.558. The van der Waals surface area contributed by atoms with Crippen LogP contribution in [0.2, 0.25) is 0 Å². The molecule has 0 heterocycles. The van der Waals surface area contributed by atoms with Crippen molar-refractivity contribution >= 4 is 5.91 Å². The van der Waals surface area contributed by atoms with Crippen LogP contribution >= 0.6 is 0 Å². The van der Waals surface area contributed by atoms with Crippen LogP contribution in [0.3, 0.4) is 0 Å². The Labute approximate surface area is 172 Å². The van der Waals surface area contributed by atoms with Gasteiger partial charge in [0.1, 0.15) is 19.0 Å². The molecule has 0 bridgehead atoms. The molecule has 2 rings (SSSR count). The molecule has 1 N–H and O–H groups in total. The van der Waals surface area contributed by atoms with E-state index < -0.39 is 6.10 Å². The van der Waals surface area contributed by atoms with Gasteiger partial charge in [-0.1, -0.05) is 30.2 Å². The van der Waals surface area contributed by atoms with Gasteiger partial charge in [0.15, 0.2) is 17.6 Å². The molecular weight excluding hydrogens is 370 g/mol. The van der Waals surface area contributed by atoms with Crippen LogP contribution in [0.1, 0.15) is 12.5 Å². The monoisotopic (exact) mass is 397 g/mol. The van der Waals surface area contributed by atoms with Crippen LogP contribution in [0.5, 0.6) is 17.2 Å². The van der Waals surface area contributed by atoms with Crippen molar-refractivity contribution in [3.05, 3.63) is 54.1 Å². The molecule has 0 saturated heterocycles. The van der Waals surface area contributed by atoms with Crippen molar-refractivity contribution in [2.45, 2.75) is 19.4 Å². The minimum absolute atomic E-state index is 0.152. The van der Waals surface area contributed by atoms with Gasteiger partial charge in [0.05, 0.1) is 7.11 Å². The van der Waals surface area contributed by atoms with E-state index in [9.17, 15) is 4.79 Å². The highest BCUT2D eigenvalue weighted by Crippen LogP contribution is 2.28. The Balaban J connectivity index is 1.85. The van der Waals surface area contributed by atoms with Crippen LogP contribution in [-0.4, -0.2) is 45.5 Å². The van der Waals surface area contributed by atoms with Crippen LogP contribution in [0.15, 0.2) is 48.5 Å². The van der Waals surface area contributed by atoms with Crippen molar-refractivity contribution in [2.24, 2.45) is 0 Å². The number of hydrogen-bond acceptors (Lipinski definition) is 5. The number of carbonyl (C=O) groups excluding carboxylic acids is 1. The standard InChI is InChI=1S/C23H27NO5/c1-4-15-28-20-12-11-18(16-21(20)26-3)13-14-24-23(25)22(27-5-2)17-29-19-9-7-6-8-10-19/h1,6-12,16,22H,5,13-15,17H2,2-3H3,(H,24,25)/t22-/m0/s1. The lowest BCUT2D eigenvalue weighted by Crippen LogP contribution is -2.41. The van der Waals surface area contributed by atoms with Gasteiger partial charge in [-0.05, 0) is 43.2 Å². The molecule has 0 spiro atoms. The van der Waals surface area contributed by atoms with Crippen LogP contribution in [-0.2, 0) is 16.0 Å². The van der Waals surface area contributed by atoms with E-state index in [1.54, 1.807) is 7.11 Å². The molecule has 2 aromatic rings. The average Bonchev–Trinajstić information content (AvgIpc) is 2.76. The Kier molecular flexibility index (Phi) is 9.40. The Hall–Kier alpha value is -3.17. The number of ether oxygens (including phenoxy) is 4. The lowest BCUT2D eigenvalue weighted by molar-refractivity contribution is -0.134. The summed E-state index contributed by atoms with van der Waals surface area (Å²) in [6.45, 7) is 3.06. The molecule has 0 aliphatic carbocycles. The number of terminal acetylenes is 1. The van der Waals surface area contributed by atoms with Gasteiger partial charge in [-0.15, -0.1) is 6.42 Å². The minimum atomic E-state index is -0.672. The van der Waals surface area contributed by atoms with E-state index in [0.29, 0.717) is 36.8 Å². The highest BCUT2D eigenvalue weighted by Gasteiger charge is 2.19. The molecule has 0 fully saturated rings. The Bertz CT molecular complexity index is 801. The number of para-hydroxylation sites is 1. The third kappa shape index (κ3) is 7.40. The molecule has 29 heavy (non-hydrogen) atoms. The van der Waals surface area contributed by atoms with Crippen LogP contribution in [0.4, 0.5) is 0 Å². The first-order valence-corrected chi connectivity index (χ1v) is 9.48. The first-order valence-electron chi connectivity index (χ1n) is 9.48. The fourth-order valence-corrected chi connectivity index (χ4v) is 2.64. The number of nitrogens with one attached hydrogen (secondary N) is 1. The van der Waals surface area contributed by atoms with Gasteiger partial charge in [0.2, 0.25) is 0 Å². The van der Waals surface area contributed by atoms with E-state index in [-0.39, 0.29) is 19.1 Å². The predicted octanol–water partition coefficient (Wildman–Crippen LogP) is 2.85. The summed E-state index contributed by atoms with van der Waals surface area (Å²) in [4.78, 5) is 12.5. The van der Waals surface area contributed by atoms with Crippen LogP contribution < -0.4 is 19.5 Å². The lowest BCUT2D eigenvalue weighted by atomic mass is 10.1. The summed E-state index contributed by atoms with van der Waals surface area (Å²) in [5.41, 5.74) is 1.00. The zero-order valence-electron chi connectivity index (χ0n) is 16.9. The van der Waals surface area contributed by atoms with E-state index in [4.69, 9.17) is 25.4 Å². The summed E-state index contributed by atoms with van der Waals surface area (Å²) >= 11 is 0. The number of benzene rings is 2. The molecule has 0 aromatic heterocycles. The molecule has 154 valence electrons. The van der Waals surface area contributed by atoms with Crippen molar-refractivity contribution < 1.29 is 23.7 Å². The molecule has 6 heteroatoms. The zero-order valence-corrected chi connectivity index (χ0v) is 16.9. The van der Waals surface area contributed by atoms with Gasteiger partial charge in [-0.25, -0.2) is 0 Å². The van der Waals surface area contributed by atoms with Crippen molar-refractivity contribution in [3.63, 3.8) is 0 Å². The smallest absolute Gasteiger partial charge is 0.252 e. The molecule has 0 radical (unpaired) electrons. The molecule has 1 amide bonds. The zero-order chi connectivity index (χ0) is 20.9. The largest absolute Gasteiger partial charge is 0.493 e. The molecular formula is C23H27NO5. The molecule has 2 aromatic carbocycles. The van der Waals surface area contributed by atoms with E-state index in [1.807, 2.05) is 55.5 Å². The number of rotatable bonds is 12. The molecule has 0 aliphatic heterocycles. The summed E-state index contributed by atoms with van der Waals surface area (Å²) in [5, 5.41) is 2.90. The topological polar surface area (TPSA) is 66.0 Å². The maximum absolute atomic E-state index is 12.5. The Morgan fingerprint density at radius 3 is 2.62 bits per heavy atom. The molecule has 6 nitrogen and oxygen atoms in total. The summed E-state index contributed by atoms with van der Waals surface area (Å²) in [7, 11) is 1.57. The molecule has 0 aliphatic rings. The molecule has 1 atom stereocenters. The fourth-order valence-electron chi connectivity index (χ4n) is 2.64. The average molecular weight is 397 g/mol. The summed E-state index contributed by atoms with van der Waals surface area (Å²) in [6, 6.07) is 14.9. The Morgan fingerprint density at radius 2 is 1.93 bits per heavy atom. The van der Waals surface area contributed by atoms with E-state index in [2.05, 4.69) is 11.2 Å². The van der Waals surface area contributed by atoms with Gasteiger partial charge < -0.3 is 24.3 Å². The normalized spacial score (nSPS) is 11.2. The van der Waals surface area contributed by atoms with Gasteiger partial charge in [-0.2, -0.15) is 0 Å². The second-order valence-corrected chi connectivity index (χ2v) is 6.09. The molecule has 0 unspecified atom stereocenters. The Morgan fingerprint density at radius 1 is 1.14 bits per heavy atom. The highest BCUT2D eigenvalue weighted by molar-refractivity contribution is 5.81. The van der Waals surface area contributed by atoms with Gasteiger partial charge in [0, 0.05) is 13.2 Å². The number of carbonyl (C=O) groups is 1. The summed E-state index contributed by atoms with van der Waals surface area (Å²) < 4.78 is 22.0. The van der Waals surface area contributed by atoms with E-state index in [1.165, 1.54) is 0 Å². The predicted molar refractivity (Wildman–Crippen MR) is 111 cm³/mol. The SMILES string of the molecule is C#CCOc1ccc(CCNC(=O)[C@H](COc2ccccc2)OCC)cc1OC. The summed E-state index contributed by atoms with van der Waals surface area (Å²) in [6.07, 6.45) is 5.18. The molecule has 0 saturated carbocycles. The first kappa shape index (κ1) is 22.1. The van der Waals surface area contributed by atoms with E-state index >= 15 is 0 Å². The minimum Gasteiger partial charge on any atom is -0.493 e. The van der Waals surface area contributed by atoms with Crippen molar-refractivity contribution in [3.8, 4) is 29.6 Å². The third-order valence-electron chi connectivity index (χ3n) is 4.06. The maximum Gasteiger partial charge on any atom is 0.252 e. The lowest BCUT2D eigenvalue weighted by Gasteiger charge is -2.17.